The van der Waals surface area contributed by atoms with Gasteiger partial charge >= 0.3 is 0 Å². The van der Waals surface area contributed by atoms with Crippen molar-refractivity contribution >= 4 is 32.9 Å². The summed E-state index contributed by atoms with van der Waals surface area (Å²) < 4.78 is 0. The quantitative estimate of drug-likeness (QED) is 0.573. The molecule has 84 valence electrons. The van der Waals surface area contributed by atoms with Gasteiger partial charge in [0.15, 0.2) is 0 Å². The minimum absolute atomic E-state index is 0. The molecule has 0 aromatic heterocycles. The summed E-state index contributed by atoms with van der Waals surface area (Å²) in [4.78, 5) is 0. The summed E-state index contributed by atoms with van der Waals surface area (Å²) in [7, 11) is 3.75. The normalized spacial score (nSPS) is 8.31. The van der Waals surface area contributed by atoms with Gasteiger partial charge in [-0.25, -0.2) is 0 Å². The van der Waals surface area contributed by atoms with Crippen LogP contribution in [0.25, 0.3) is 0 Å². The van der Waals surface area contributed by atoms with Crippen molar-refractivity contribution in [3.63, 3.8) is 0 Å². The molecular formula is C10H25Br2N. The first-order valence-corrected chi connectivity index (χ1v) is 6.10. The second-order valence-electron chi connectivity index (χ2n) is 2.96. The fourth-order valence-electron chi connectivity index (χ4n) is 0.875. The van der Waals surface area contributed by atoms with E-state index in [2.05, 4.69) is 28.2 Å². The number of unbranched alkanes of at least 4 members (excludes halogenated alkanes) is 5. The summed E-state index contributed by atoms with van der Waals surface area (Å²) in [6, 6.07) is 0. The van der Waals surface area contributed by atoms with Crippen LogP contribution < -0.4 is 5.32 Å². The third kappa shape index (κ3) is 32.2. The van der Waals surface area contributed by atoms with E-state index in [1.807, 2.05) is 14.1 Å². The van der Waals surface area contributed by atoms with Gasteiger partial charge in [0.2, 0.25) is 0 Å². The minimum Gasteiger partial charge on any atom is -0.323 e. The highest BCUT2D eigenvalue weighted by Crippen LogP contribution is 2.05. The van der Waals surface area contributed by atoms with E-state index in [9.17, 15) is 0 Å². The Morgan fingerprint density at radius 1 is 0.923 bits per heavy atom. The molecule has 0 heterocycles. The average molecular weight is 319 g/mol. The topological polar surface area (TPSA) is 12.0 Å². The first kappa shape index (κ1) is 19.5. The van der Waals surface area contributed by atoms with Gasteiger partial charge in [0, 0.05) is 5.33 Å². The second kappa shape index (κ2) is 23.1. The zero-order valence-electron chi connectivity index (χ0n) is 9.24. The van der Waals surface area contributed by atoms with Gasteiger partial charge in [0.05, 0.1) is 0 Å². The molecule has 3 heteroatoms. The van der Waals surface area contributed by atoms with Crippen LogP contribution in [0.2, 0.25) is 0 Å². The molecule has 0 fully saturated rings. The smallest absolute Gasteiger partial charge is 0.00313 e. The van der Waals surface area contributed by atoms with Crippen LogP contribution >= 0.6 is 32.9 Å². The summed E-state index contributed by atoms with van der Waals surface area (Å²) in [5.74, 6) is 0. The first-order chi connectivity index (χ1) is 5.83. The third-order valence-corrected chi connectivity index (χ3v) is 2.05. The number of hydrogen-bond donors (Lipinski definition) is 1. The van der Waals surface area contributed by atoms with Gasteiger partial charge in [-0.15, -0.1) is 17.0 Å². The Labute approximate surface area is 103 Å². The van der Waals surface area contributed by atoms with Gasteiger partial charge < -0.3 is 5.32 Å². The maximum absolute atomic E-state index is 3.42. The van der Waals surface area contributed by atoms with E-state index in [1.165, 1.54) is 43.9 Å². The van der Waals surface area contributed by atoms with Crippen molar-refractivity contribution in [2.24, 2.45) is 0 Å². The molecule has 0 amide bonds. The Hall–Kier alpha value is 0.920. The molecule has 0 aromatic rings. The molecule has 0 saturated heterocycles. The molecule has 0 aliphatic heterocycles. The van der Waals surface area contributed by atoms with Gasteiger partial charge in [-0.1, -0.05) is 55.0 Å². The van der Waals surface area contributed by atoms with Crippen LogP contribution in [0.5, 0.6) is 0 Å². The van der Waals surface area contributed by atoms with E-state index in [4.69, 9.17) is 0 Å². The van der Waals surface area contributed by atoms with Gasteiger partial charge in [0.25, 0.3) is 0 Å². The van der Waals surface area contributed by atoms with E-state index in [-0.39, 0.29) is 17.0 Å². The van der Waals surface area contributed by atoms with E-state index >= 15 is 0 Å². The van der Waals surface area contributed by atoms with Crippen molar-refractivity contribution in [1.29, 1.82) is 0 Å². The van der Waals surface area contributed by atoms with Gasteiger partial charge in [-0.05, 0) is 20.5 Å². The highest BCUT2D eigenvalue weighted by molar-refractivity contribution is 9.09. The highest BCUT2D eigenvalue weighted by Gasteiger charge is 1.86. The Kier molecular flexibility index (Phi) is 34.6. The Balaban J connectivity index is -0.000000220. The lowest BCUT2D eigenvalue weighted by Gasteiger charge is -1.95. The first-order valence-electron chi connectivity index (χ1n) is 4.97. The number of rotatable bonds is 6. The van der Waals surface area contributed by atoms with E-state index in [0.717, 1.165) is 0 Å². The van der Waals surface area contributed by atoms with E-state index in [1.54, 1.807) is 0 Å². The summed E-state index contributed by atoms with van der Waals surface area (Å²) in [5, 5.41) is 3.93. The second-order valence-corrected chi connectivity index (χ2v) is 3.75. The van der Waals surface area contributed by atoms with Crippen LogP contribution in [-0.2, 0) is 0 Å². The van der Waals surface area contributed by atoms with Gasteiger partial charge in [-0.2, -0.15) is 0 Å². The summed E-state index contributed by atoms with van der Waals surface area (Å²) in [6.45, 7) is 2.25. The van der Waals surface area contributed by atoms with Crippen molar-refractivity contribution in [2.45, 2.75) is 45.4 Å². The van der Waals surface area contributed by atoms with Crippen LogP contribution in [0.4, 0.5) is 0 Å². The zero-order chi connectivity index (χ0) is 9.66. The van der Waals surface area contributed by atoms with Crippen LogP contribution in [0, 0.1) is 0 Å². The molecule has 0 aromatic carbocycles. The largest absolute Gasteiger partial charge is 0.323 e. The van der Waals surface area contributed by atoms with Crippen LogP contribution in [0.1, 0.15) is 45.4 Å². The molecule has 0 aliphatic rings. The number of nitrogens with one attached hydrogen (secondary N) is 1. The summed E-state index contributed by atoms with van der Waals surface area (Å²) >= 11 is 3.42. The SMILES string of the molecule is Br.CCCCCCCCBr.CNC. The molecule has 0 unspecified atom stereocenters. The standard InChI is InChI=1S/C8H17Br.C2H7N.BrH/c1-2-3-4-5-6-7-8-9;1-3-2;/h2-8H2,1H3;3H,1-2H3;1H. The highest BCUT2D eigenvalue weighted by atomic mass is 79.9. The number of halogens is 2. The molecule has 0 aliphatic carbocycles. The predicted octanol–water partition coefficient (Wildman–Crippen LogP) is 4.16. The number of alkyl halides is 1. The minimum atomic E-state index is 0. The summed E-state index contributed by atoms with van der Waals surface area (Å²) in [6.07, 6.45) is 8.40. The fraction of sp³-hybridized carbons (Fsp3) is 1.00. The van der Waals surface area contributed by atoms with Crippen molar-refractivity contribution in [2.75, 3.05) is 19.4 Å². The lowest BCUT2D eigenvalue weighted by molar-refractivity contribution is 0.628. The molecular weight excluding hydrogens is 294 g/mol. The molecule has 0 rings (SSSR count). The fourth-order valence-corrected chi connectivity index (χ4v) is 1.27. The molecule has 1 nitrogen and oxygen atoms in total. The van der Waals surface area contributed by atoms with Crippen LogP contribution in [-0.4, -0.2) is 19.4 Å². The maximum Gasteiger partial charge on any atom is 0.00313 e. The molecule has 0 bridgehead atoms. The molecule has 1 N–H and O–H groups in total. The van der Waals surface area contributed by atoms with Crippen molar-refractivity contribution in [3.8, 4) is 0 Å². The lowest BCUT2D eigenvalue weighted by Crippen LogP contribution is -1.89. The van der Waals surface area contributed by atoms with Gasteiger partial charge in [-0.3, -0.25) is 0 Å². The predicted molar refractivity (Wildman–Crippen MR) is 72.5 cm³/mol. The monoisotopic (exact) mass is 317 g/mol. The molecule has 13 heavy (non-hydrogen) atoms. The Bertz CT molecular complexity index is 54.9. The zero-order valence-corrected chi connectivity index (χ0v) is 12.5. The van der Waals surface area contributed by atoms with E-state index < -0.39 is 0 Å². The lowest BCUT2D eigenvalue weighted by atomic mass is 10.1. The van der Waals surface area contributed by atoms with Crippen LogP contribution in [0.3, 0.4) is 0 Å². The van der Waals surface area contributed by atoms with Crippen LogP contribution in [0.15, 0.2) is 0 Å². The summed E-state index contributed by atoms with van der Waals surface area (Å²) in [5.41, 5.74) is 0. The third-order valence-electron chi connectivity index (χ3n) is 1.49. The molecule has 0 spiro atoms. The number of hydrogen-bond acceptors (Lipinski definition) is 1. The Morgan fingerprint density at radius 3 is 1.69 bits per heavy atom. The van der Waals surface area contributed by atoms with Crippen molar-refractivity contribution in [1.82, 2.24) is 5.32 Å². The Morgan fingerprint density at radius 2 is 1.31 bits per heavy atom. The average Bonchev–Trinajstić information content (AvgIpc) is 2.06. The van der Waals surface area contributed by atoms with Crippen molar-refractivity contribution in [3.05, 3.63) is 0 Å². The van der Waals surface area contributed by atoms with Gasteiger partial charge in [0.1, 0.15) is 0 Å². The van der Waals surface area contributed by atoms with Crippen molar-refractivity contribution < 1.29 is 0 Å². The molecule has 0 radical (unpaired) electrons. The molecule has 0 saturated carbocycles. The maximum atomic E-state index is 3.42. The van der Waals surface area contributed by atoms with E-state index in [0.29, 0.717) is 0 Å². The molecule has 0 atom stereocenters.